The number of carboxylic acids is 2. The highest BCUT2D eigenvalue weighted by Gasteiger charge is 2.07. The SMILES string of the molecule is Clc1ccc(OCC#CCN2CCOCC2)cc1.O=C(O)C(=O)O. The van der Waals surface area contributed by atoms with E-state index >= 15 is 0 Å². The second-order valence-electron chi connectivity index (χ2n) is 4.59. The minimum atomic E-state index is -1.82. The maximum absolute atomic E-state index is 9.10. The molecule has 0 radical (unpaired) electrons. The summed E-state index contributed by atoms with van der Waals surface area (Å²) in [4.78, 5) is 20.5. The van der Waals surface area contributed by atoms with Gasteiger partial charge in [-0.25, -0.2) is 9.59 Å². The van der Waals surface area contributed by atoms with Gasteiger partial charge in [0, 0.05) is 18.1 Å². The molecule has 1 fully saturated rings. The van der Waals surface area contributed by atoms with Crippen molar-refractivity contribution >= 4 is 23.5 Å². The summed E-state index contributed by atoms with van der Waals surface area (Å²) in [5.41, 5.74) is 0. The normalized spacial score (nSPS) is 13.7. The highest BCUT2D eigenvalue weighted by Crippen LogP contribution is 2.14. The summed E-state index contributed by atoms with van der Waals surface area (Å²) in [5, 5.41) is 15.5. The average Bonchev–Trinajstić information content (AvgIpc) is 2.58. The molecule has 0 spiro atoms. The lowest BCUT2D eigenvalue weighted by molar-refractivity contribution is -0.159. The van der Waals surface area contributed by atoms with Crippen LogP contribution in [-0.2, 0) is 14.3 Å². The van der Waals surface area contributed by atoms with Crippen molar-refractivity contribution in [2.24, 2.45) is 0 Å². The van der Waals surface area contributed by atoms with E-state index in [2.05, 4.69) is 16.7 Å². The second kappa shape index (κ2) is 11.3. The number of ether oxygens (including phenoxy) is 2. The lowest BCUT2D eigenvalue weighted by Gasteiger charge is -2.24. The zero-order valence-electron chi connectivity index (χ0n) is 12.9. The van der Waals surface area contributed by atoms with E-state index in [-0.39, 0.29) is 0 Å². The number of hydrogen-bond acceptors (Lipinski definition) is 5. The first kappa shape index (κ1) is 19.8. The van der Waals surface area contributed by atoms with Crippen LogP contribution in [0.5, 0.6) is 5.75 Å². The molecule has 24 heavy (non-hydrogen) atoms. The van der Waals surface area contributed by atoms with Crippen LogP contribution in [0, 0.1) is 11.8 Å². The van der Waals surface area contributed by atoms with E-state index in [1.54, 1.807) is 12.1 Å². The van der Waals surface area contributed by atoms with Gasteiger partial charge in [-0.15, -0.1) is 0 Å². The van der Waals surface area contributed by atoms with E-state index in [9.17, 15) is 0 Å². The Hall–Kier alpha value is -2.27. The molecule has 1 saturated heterocycles. The van der Waals surface area contributed by atoms with Crippen LogP contribution >= 0.6 is 11.6 Å². The number of hydrogen-bond donors (Lipinski definition) is 2. The van der Waals surface area contributed by atoms with Crippen molar-refractivity contribution < 1.29 is 29.3 Å². The molecular formula is C16H18ClNO6. The summed E-state index contributed by atoms with van der Waals surface area (Å²) < 4.78 is 10.7. The van der Waals surface area contributed by atoms with Crippen molar-refractivity contribution in [3.05, 3.63) is 29.3 Å². The van der Waals surface area contributed by atoms with Gasteiger partial charge in [0.15, 0.2) is 0 Å². The van der Waals surface area contributed by atoms with Gasteiger partial charge < -0.3 is 19.7 Å². The van der Waals surface area contributed by atoms with Gasteiger partial charge in [-0.2, -0.15) is 0 Å². The Morgan fingerprint density at radius 3 is 2.25 bits per heavy atom. The molecule has 0 unspecified atom stereocenters. The van der Waals surface area contributed by atoms with Crippen molar-refractivity contribution in [2.45, 2.75) is 0 Å². The first-order valence-electron chi connectivity index (χ1n) is 7.09. The van der Waals surface area contributed by atoms with E-state index in [0.717, 1.165) is 38.6 Å². The highest BCUT2D eigenvalue weighted by molar-refractivity contribution is 6.30. The van der Waals surface area contributed by atoms with Crippen molar-refractivity contribution in [1.82, 2.24) is 4.90 Å². The van der Waals surface area contributed by atoms with Crippen LogP contribution in [0.1, 0.15) is 0 Å². The first-order valence-corrected chi connectivity index (χ1v) is 7.47. The zero-order valence-corrected chi connectivity index (χ0v) is 13.7. The number of morpholine rings is 1. The van der Waals surface area contributed by atoms with Crippen LogP contribution in [0.4, 0.5) is 0 Å². The fourth-order valence-corrected chi connectivity index (χ4v) is 1.75. The predicted octanol–water partition coefficient (Wildman–Crippen LogP) is 1.21. The van der Waals surface area contributed by atoms with E-state index in [1.165, 1.54) is 0 Å². The second-order valence-corrected chi connectivity index (χ2v) is 5.03. The maximum Gasteiger partial charge on any atom is 0.414 e. The Labute approximate surface area is 144 Å². The molecule has 1 heterocycles. The van der Waals surface area contributed by atoms with Crippen molar-refractivity contribution in [3.63, 3.8) is 0 Å². The van der Waals surface area contributed by atoms with Crippen molar-refractivity contribution in [2.75, 3.05) is 39.5 Å². The summed E-state index contributed by atoms with van der Waals surface area (Å²) in [6.45, 7) is 4.74. The smallest absolute Gasteiger partial charge is 0.414 e. The molecule has 2 rings (SSSR count). The molecule has 1 aromatic rings. The number of benzene rings is 1. The summed E-state index contributed by atoms with van der Waals surface area (Å²) in [6, 6.07) is 7.29. The van der Waals surface area contributed by atoms with Crippen LogP contribution in [0.2, 0.25) is 5.02 Å². The Morgan fingerprint density at radius 1 is 1.12 bits per heavy atom. The van der Waals surface area contributed by atoms with E-state index in [1.807, 2.05) is 12.1 Å². The fourth-order valence-electron chi connectivity index (χ4n) is 1.63. The van der Waals surface area contributed by atoms with Gasteiger partial charge in [0.25, 0.3) is 0 Å². The summed E-state index contributed by atoms with van der Waals surface area (Å²) in [6.07, 6.45) is 0. The molecule has 130 valence electrons. The molecule has 0 atom stereocenters. The lowest BCUT2D eigenvalue weighted by atomic mass is 10.3. The van der Waals surface area contributed by atoms with Gasteiger partial charge in [0.1, 0.15) is 12.4 Å². The van der Waals surface area contributed by atoms with Crippen LogP contribution in [-0.4, -0.2) is 66.5 Å². The third-order valence-corrected chi connectivity index (χ3v) is 3.09. The first-order chi connectivity index (χ1) is 11.5. The monoisotopic (exact) mass is 355 g/mol. The van der Waals surface area contributed by atoms with E-state index in [4.69, 9.17) is 40.9 Å². The van der Waals surface area contributed by atoms with E-state index in [0.29, 0.717) is 11.6 Å². The molecule has 0 bridgehead atoms. The summed E-state index contributed by atoms with van der Waals surface area (Å²) in [7, 11) is 0. The van der Waals surface area contributed by atoms with Crippen molar-refractivity contribution in [1.29, 1.82) is 0 Å². The molecule has 1 aliphatic heterocycles. The molecule has 7 nitrogen and oxygen atoms in total. The third-order valence-electron chi connectivity index (χ3n) is 2.84. The minimum Gasteiger partial charge on any atom is -0.481 e. The van der Waals surface area contributed by atoms with Crippen LogP contribution in [0.25, 0.3) is 0 Å². The van der Waals surface area contributed by atoms with Gasteiger partial charge in [-0.05, 0) is 24.3 Å². The standard InChI is InChI=1S/C14H16ClNO2.C2H2O4/c15-13-3-5-14(6-4-13)18-10-2-1-7-16-8-11-17-12-9-16;3-1(4)2(5)6/h3-6H,7-12H2;(H,3,4)(H,5,6). The van der Waals surface area contributed by atoms with Gasteiger partial charge in [0.05, 0.1) is 19.8 Å². The van der Waals surface area contributed by atoms with Gasteiger partial charge in [0.2, 0.25) is 0 Å². The average molecular weight is 356 g/mol. The Kier molecular flexibility index (Phi) is 9.31. The largest absolute Gasteiger partial charge is 0.481 e. The van der Waals surface area contributed by atoms with Gasteiger partial charge in [-0.1, -0.05) is 23.4 Å². The molecular weight excluding hydrogens is 338 g/mol. The Morgan fingerprint density at radius 2 is 1.71 bits per heavy atom. The number of aliphatic carboxylic acids is 2. The van der Waals surface area contributed by atoms with Crippen LogP contribution in [0.15, 0.2) is 24.3 Å². The third kappa shape index (κ3) is 9.00. The number of carboxylic acid groups (broad SMARTS) is 2. The topological polar surface area (TPSA) is 96.3 Å². The molecule has 0 aliphatic carbocycles. The van der Waals surface area contributed by atoms with Crippen molar-refractivity contribution in [3.8, 4) is 17.6 Å². The Balaban J connectivity index is 0.000000413. The number of carbonyl (C=O) groups is 2. The zero-order chi connectivity index (χ0) is 17.8. The quantitative estimate of drug-likeness (QED) is 0.621. The molecule has 0 aromatic heterocycles. The van der Waals surface area contributed by atoms with Gasteiger partial charge >= 0.3 is 11.9 Å². The lowest BCUT2D eigenvalue weighted by Crippen LogP contribution is -2.36. The van der Waals surface area contributed by atoms with Gasteiger partial charge in [-0.3, -0.25) is 4.90 Å². The van der Waals surface area contributed by atoms with Crippen LogP contribution in [0.3, 0.4) is 0 Å². The highest BCUT2D eigenvalue weighted by atomic mass is 35.5. The predicted molar refractivity (Wildman–Crippen MR) is 87.3 cm³/mol. The molecule has 1 aromatic carbocycles. The molecule has 0 saturated carbocycles. The summed E-state index contributed by atoms with van der Waals surface area (Å²) >= 11 is 5.78. The Bertz CT molecular complexity index is 575. The number of halogens is 1. The molecule has 0 amide bonds. The molecule has 1 aliphatic rings. The molecule has 2 N–H and O–H groups in total. The van der Waals surface area contributed by atoms with E-state index < -0.39 is 11.9 Å². The fraction of sp³-hybridized carbons (Fsp3) is 0.375. The summed E-state index contributed by atoms with van der Waals surface area (Å²) in [5.74, 6) is 3.26. The maximum atomic E-state index is 9.10. The number of rotatable bonds is 3. The van der Waals surface area contributed by atoms with Crippen LogP contribution < -0.4 is 4.74 Å². The molecule has 8 heteroatoms. The minimum absolute atomic E-state index is 0.409. The number of nitrogens with zero attached hydrogens (tertiary/aromatic N) is 1.